The maximum Gasteiger partial charge on any atom is 0.409 e. The Balaban J connectivity index is 1.21. The lowest BCUT2D eigenvalue weighted by atomic mass is 10.1. The van der Waals surface area contributed by atoms with Gasteiger partial charge in [-0.15, -0.1) is 0 Å². The van der Waals surface area contributed by atoms with Gasteiger partial charge in [-0.05, 0) is 67.6 Å². The van der Waals surface area contributed by atoms with Gasteiger partial charge in [0, 0.05) is 43.0 Å². The van der Waals surface area contributed by atoms with Gasteiger partial charge in [-0.25, -0.2) is 18.2 Å². The molecule has 2 amide bonds. The van der Waals surface area contributed by atoms with Crippen molar-refractivity contribution in [3.05, 3.63) is 78.4 Å². The normalized spacial score (nSPS) is 14.4. The van der Waals surface area contributed by atoms with E-state index in [4.69, 9.17) is 4.74 Å². The number of H-pyrrole nitrogens is 1. The van der Waals surface area contributed by atoms with Gasteiger partial charge in [-0.3, -0.25) is 4.79 Å². The number of hydrogen-bond donors (Lipinski definition) is 2. The van der Waals surface area contributed by atoms with Gasteiger partial charge in [0.1, 0.15) is 5.82 Å². The molecule has 2 heterocycles. The van der Waals surface area contributed by atoms with Gasteiger partial charge >= 0.3 is 6.09 Å². The maximum atomic E-state index is 13.1. The van der Waals surface area contributed by atoms with Crippen LogP contribution in [0.2, 0.25) is 0 Å². The number of aromatic amines is 1. The summed E-state index contributed by atoms with van der Waals surface area (Å²) < 4.78 is 32.4. The molecule has 0 spiro atoms. The minimum absolute atomic E-state index is 0.0915. The first-order valence-corrected chi connectivity index (χ1v) is 13.7. The van der Waals surface area contributed by atoms with Crippen LogP contribution >= 0.6 is 0 Å². The lowest BCUT2D eigenvalue weighted by molar-refractivity contribution is 0.0933. The van der Waals surface area contributed by atoms with Crippen LogP contribution in [0.1, 0.15) is 17.3 Å². The predicted molar refractivity (Wildman–Crippen MR) is 143 cm³/mol. The number of imidazole rings is 1. The Morgan fingerprint density at radius 2 is 1.63 bits per heavy atom. The fraction of sp³-hybridized carbons (Fsp3) is 0.222. The van der Waals surface area contributed by atoms with Crippen molar-refractivity contribution in [1.29, 1.82) is 0 Å². The van der Waals surface area contributed by atoms with E-state index in [9.17, 15) is 18.0 Å². The molecule has 1 aromatic heterocycles. The molecule has 2 N–H and O–H groups in total. The number of amides is 2. The van der Waals surface area contributed by atoms with E-state index >= 15 is 0 Å². The van der Waals surface area contributed by atoms with E-state index in [2.05, 4.69) is 15.3 Å². The number of fused-ring (bicyclic) bond motifs is 1. The van der Waals surface area contributed by atoms with Crippen molar-refractivity contribution in [3.63, 3.8) is 0 Å². The summed E-state index contributed by atoms with van der Waals surface area (Å²) in [5.41, 5.74) is 3.65. The molecule has 4 aromatic rings. The van der Waals surface area contributed by atoms with Gasteiger partial charge in [0.2, 0.25) is 10.0 Å². The Morgan fingerprint density at radius 1 is 0.947 bits per heavy atom. The van der Waals surface area contributed by atoms with Crippen LogP contribution in [-0.2, 0) is 14.8 Å². The summed E-state index contributed by atoms with van der Waals surface area (Å²) in [5.74, 6) is 0.386. The minimum atomic E-state index is -3.75. The van der Waals surface area contributed by atoms with E-state index in [0.29, 0.717) is 11.3 Å². The molecule has 0 unspecified atom stereocenters. The summed E-state index contributed by atoms with van der Waals surface area (Å²) in [6.45, 7) is 2.86. The first-order valence-electron chi connectivity index (χ1n) is 12.2. The zero-order valence-electron chi connectivity index (χ0n) is 20.8. The number of carbonyl (C=O) groups excluding carboxylic acids is 2. The summed E-state index contributed by atoms with van der Waals surface area (Å²) in [6.07, 6.45) is -0.441. The van der Waals surface area contributed by atoms with Crippen LogP contribution < -0.4 is 5.32 Å². The van der Waals surface area contributed by atoms with E-state index in [-0.39, 0.29) is 43.6 Å². The number of carbonyl (C=O) groups is 2. The van der Waals surface area contributed by atoms with Crippen molar-refractivity contribution < 1.29 is 22.7 Å². The summed E-state index contributed by atoms with van der Waals surface area (Å²) in [5, 5.41) is 2.83. The molecule has 1 aliphatic rings. The van der Waals surface area contributed by atoms with E-state index in [1.807, 2.05) is 36.4 Å². The number of benzene rings is 3. The molecule has 11 heteroatoms. The Kier molecular flexibility index (Phi) is 7.12. The Hall–Kier alpha value is -4.22. The predicted octanol–water partition coefficient (Wildman–Crippen LogP) is 3.95. The van der Waals surface area contributed by atoms with Gasteiger partial charge in [0.05, 0.1) is 22.5 Å². The average molecular weight is 534 g/mol. The number of nitrogens with one attached hydrogen (secondary N) is 2. The van der Waals surface area contributed by atoms with Crippen LogP contribution in [0.5, 0.6) is 0 Å². The van der Waals surface area contributed by atoms with Gasteiger partial charge in [0.25, 0.3) is 5.91 Å². The summed E-state index contributed by atoms with van der Waals surface area (Å²) in [6, 6.07) is 20.9. The fourth-order valence-electron chi connectivity index (χ4n) is 4.26. The number of aromatic nitrogens is 2. The lowest BCUT2D eigenvalue weighted by Gasteiger charge is -2.33. The fourth-order valence-corrected chi connectivity index (χ4v) is 5.68. The molecule has 10 nitrogen and oxygen atoms in total. The summed E-state index contributed by atoms with van der Waals surface area (Å²) >= 11 is 0. The molecule has 1 saturated heterocycles. The summed E-state index contributed by atoms with van der Waals surface area (Å²) in [7, 11) is -3.75. The first kappa shape index (κ1) is 25.4. The second-order valence-corrected chi connectivity index (χ2v) is 10.7. The number of hydrogen-bond acceptors (Lipinski definition) is 6. The van der Waals surface area contributed by atoms with Crippen LogP contribution in [-0.4, -0.2) is 72.4 Å². The molecule has 196 valence electrons. The molecule has 0 atom stereocenters. The van der Waals surface area contributed by atoms with Crippen molar-refractivity contribution in [3.8, 4) is 11.4 Å². The van der Waals surface area contributed by atoms with Crippen molar-refractivity contribution >= 4 is 38.7 Å². The molecule has 3 aromatic carbocycles. The molecule has 5 rings (SSSR count). The van der Waals surface area contributed by atoms with Crippen molar-refractivity contribution in [2.75, 3.05) is 38.1 Å². The zero-order chi connectivity index (χ0) is 26.7. The zero-order valence-corrected chi connectivity index (χ0v) is 21.6. The second-order valence-electron chi connectivity index (χ2n) is 8.75. The molecule has 0 radical (unpaired) electrons. The lowest BCUT2D eigenvalue weighted by Crippen LogP contribution is -2.50. The number of rotatable bonds is 6. The highest BCUT2D eigenvalue weighted by molar-refractivity contribution is 7.89. The minimum Gasteiger partial charge on any atom is -0.450 e. The van der Waals surface area contributed by atoms with E-state index < -0.39 is 16.1 Å². The monoisotopic (exact) mass is 533 g/mol. The number of ether oxygens (including phenoxy) is 1. The first-order chi connectivity index (χ1) is 18.3. The largest absolute Gasteiger partial charge is 0.450 e. The molecule has 0 aliphatic carbocycles. The van der Waals surface area contributed by atoms with E-state index in [1.54, 1.807) is 19.1 Å². The third-order valence-corrected chi connectivity index (χ3v) is 8.24. The molecule has 1 aliphatic heterocycles. The van der Waals surface area contributed by atoms with Crippen molar-refractivity contribution in [1.82, 2.24) is 19.2 Å². The van der Waals surface area contributed by atoms with Crippen molar-refractivity contribution in [2.45, 2.75) is 11.8 Å². The Labute approximate surface area is 220 Å². The number of anilines is 1. The number of piperazine rings is 1. The molecular weight excluding hydrogens is 506 g/mol. The number of nitrogens with zero attached hydrogens (tertiary/aromatic N) is 3. The highest BCUT2D eigenvalue weighted by atomic mass is 32.2. The number of sulfonamides is 1. The standard InChI is InChI=1S/C27H27N5O5S/c1-2-37-27(34)31-15-17-32(18-16-31)38(35,36)22-13-9-20(10-14-22)26(33)28-21-11-7-19(8-12-21)25-29-23-5-3-4-6-24(23)30-25/h3-14H,2,15-18H2,1H3,(H,28,33)(H,29,30). The van der Waals surface area contributed by atoms with Gasteiger partial charge in [-0.1, -0.05) is 12.1 Å². The van der Waals surface area contributed by atoms with Crippen LogP contribution in [0.3, 0.4) is 0 Å². The second kappa shape index (κ2) is 10.6. The van der Waals surface area contributed by atoms with Gasteiger partial charge in [-0.2, -0.15) is 4.31 Å². The van der Waals surface area contributed by atoms with Crippen molar-refractivity contribution in [2.24, 2.45) is 0 Å². The summed E-state index contributed by atoms with van der Waals surface area (Å²) in [4.78, 5) is 34.1. The maximum absolute atomic E-state index is 13.1. The van der Waals surface area contributed by atoms with Crippen LogP contribution in [0.15, 0.2) is 77.7 Å². The highest BCUT2D eigenvalue weighted by Gasteiger charge is 2.30. The van der Waals surface area contributed by atoms with Crippen LogP contribution in [0.25, 0.3) is 22.4 Å². The molecule has 0 saturated carbocycles. The topological polar surface area (TPSA) is 125 Å². The quantitative estimate of drug-likeness (QED) is 0.387. The Bertz CT molecular complexity index is 1520. The smallest absolute Gasteiger partial charge is 0.409 e. The molecule has 1 fully saturated rings. The van der Waals surface area contributed by atoms with Gasteiger partial charge in [0.15, 0.2) is 0 Å². The van der Waals surface area contributed by atoms with E-state index in [1.165, 1.54) is 33.5 Å². The Morgan fingerprint density at radius 3 is 2.29 bits per heavy atom. The molecule has 38 heavy (non-hydrogen) atoms. The molecular formula is C27H27N5O5S. The van der Waals surface area contributed by atoms with E-state index in [0.717, 1.165) is 22.4 Å². The number of para-hydroxylation sites is 2. The average Bonchev–Trinajstić information content (AvgIpc) is 3.38. The van der Waals surface area contributed by atoms with Crippen LogP contribution in [0.4, 0.5) is 10.5 Å². The highest BCUT2D eigenvalue weighted by Crippen LogP contribution is 2.23. The third-order valence-electron chi connectivity index (χ3n) is 6.32. The third kappa shape index (κ3) is 5.24. The molecule has 0 bridgehead atoms. The van der Waals surface area contributed by atoms with Crippen LogP contribution in [0, 0.1) is 0 Å². The van der Waals surface area contributed by atoms with Gasteiger partial charge < -0.3 is 19.9 Å². The SMILES string of the molecule is CCOC(=O)N1CCN(S(=O)(=O)c2ccc(C(=O)Nc3ccc(-c4nc5ccccc5[nH]4)cc3)cc2)CC1.